The van der Waals surface area contributed by atoms with Gasteiger partial charge in [0.15, 0.2) is 0 Å². The smallest absolute Gasteiger partial charge is 0.356 e. The summed E-state index contributed by atoms with van der Waals surface area (Å²) in [7, 11) is 3.54. The summed E-state index contributed by atoms with van der Waals surface area (Å²) in [6, 6.07) is 0.983. The van der Waals surface area contributed by atoms with Crippen LogP contribution in [-0.2, 0) is 13.2 Å². The minimum absolute atomic E-state index is 0.136. The molecular formula is C17H21F3N6O. The molecule has 0 bridgehead atoms. The standard InChI is InChI=1S/C17H21F3N6O/c1-24-9-13(23-11-24)16(27)25(2)8-12-3-5-26(6-4-12)15-7-14(17(18,19)20)21-10-22-15/h7,9-12H,3-6,8H2,1-2H3. The topological polar surface area (TPSA) is 67.2 Å². The zero-order chi connectivity index (χ0) is 19.6. The molecule has 1 fully saturated rings. The third-order valence-electron chi connectivity index (χ3n) is 4.68. The van der Waals surface area contributed by atoms with E-state index < -0.39 is 11.9 Å². The van der Waals surface area contributed by atoms with Crippen LogP contribution in [-0.4, -0.2) is 57.0 Å². The predicted molar refractivity (Wildman–Crippen MR) is 92.1 cm³/mol. The summed E-state index contributed by atoms with van der Waals surface area (Å²) < 4.78 is 40.1. The quantitative estimate of drug-likeness (QED) is 0.811. The molecule has 0 atom stereocenters. The Bertz CT molecular complexity index is 798. The Morgan fingerprint density at radius 1 is 1.26 bits per heavy atom. The van der Waals surface area contributed by atoms with Gasteiger partial charge in [0.2, 0.25) is 0 Å². The number of halogens is 3. The molecule has 0 aromatic carbocycles. The third kappa shape index (κ3) is 4.55. The van der Waals surface area contributed by atoms with Crippen LogP contribution in [0.25, 0.3) is 0 Å². The number of alkyl halides is 3. The molecule has 0 N–H and O–H groups in total. The fourth-order valence-electron chi connectivity index (χ4n) is 3.21. The molecule has 1 aliphatic heterocycles. The van der Waals surface area contributed by atoms with E-state index in [4.69, 9.17) is 0 Å². The van der Waals surface area contributed by atoms with Gasteiger partial charge < -0.3 is 14.4 Å². The molecular weight excluding hydrogens is 361 g/mol. The van der Waals surface area contributed by atoms with Crippen LogP contribution in [0, 0.1) is 5.92 Å². The number of imidazole rings is 1. The van der Waals surface area contributed by atoms with Gasteiger partial charge >= 0.3 is 6.18 Å². The number of aromatic nitrogens is 4. The molecule has 3 rings (SSSR count). The first-order chi connectivity index (χ1) is 12.7. The van der Waals surface area contributed by atoms with Crippen LogP contribution in [0.5, 0.6) is 0 Å². The Balaban J connectivity index is 1.55. The van der Waals surface area contributed by atoms with Crippen LogP contribution >= 0.6 is 0 Å². The second kappa shape index (κ2) is 7.53. The zero-order valence-corrected chi connectivity index (χ0v) is 15.1. The number of piperidine rings is 1. The first-order valence-electron chi connectivity index (χ1n) is 8.61. The molecule has 3 heterocycles. The molecule has 0 spiro atoms. The number of carbonyl (C=O) groups excluding carboxylic acids is 1. The van der Waals surface area contributed by atoms with Gasteiger partial charge in [0.1, 0.15) is 23.5 Å². The van der Waals surface area contributed by atoms with Crippen molar-refractivity contribution >= 4 is 11.7 Å². The van der Waals surface area contributed by atoms with Gasteiger partial charge in [-0.05, 0) is 18.8 Å². The van der Waals surface area contributed by atoms with Crippen LogP contribution < -0.4 is 4.90 Å². The lowest BCUT2D eigenvalue weighted by atomic mass is 9.96. The van der Waals surface area contributed by atoms with E-state index in [2.05, 4.69) is 15.0 Å². The summed E-state index contributed by atoms with van der Waals surface area (Å²) in [6.45, 7) is 1.76. The molecule has 2 aromatic heterocycles. The summed E-state index contributed by atoms with van der Waals surface area (Å²) >= 11 is 0. The highest BCUT2D eigenvalue weighted by Gasteiger charge is 2.33. The van der Waals surface area contributed by atoms with Gasteiger partial charge in [0.05, 0.1) is 6.33 Å². The molecule has 27 heavy (non-hydrogen) atoms. The predicted octanol–water partition coefficient (Wildman–Crippen LogP) is 2.22. The van der Waals surface area contributed by atoms with Gasteiger partial charge in [-0.15, -0.1) is 0 Å². The van der Waals surface area contributed by atoms with E-state index in [0.29, 0.717) is 25.3 Å². The van der Waals surface area contributed by atoms with Gasteiger partial charge in [-0.25, -0.2) is 15.0 Å². The second-order valence-corrected chi connectivity index (χ2v) is 6.80. The molecule has 1 amide bonds. The third-order valence-corrected chi connectivity index (χ3v) is 4.68. The van der Waals surface area contributed by atoms with Crippen LogP contribution in [0.4, 0.5) is 19.0 Å². The average Bonchev–Trinajstić information content (AvgIpc) is 3.07. The van der Waals surface area contributed by atoms with Crippen molar-refractivity contribution in [1.29, 1.82) is 0 Å². The lowest BCUT2D eigenvalue weighted by molar-refractivity contribution is -0.141. The van der Waals surface area contributed by atoms with E-state index >= 15 is 0 Å². The van der Waals surface area contributed by atoms with Gasteiger partial charge in [-0.3, -0.25) is 4.79 Å². The lowest BCUT2D eigenvalue weighted by Gasteiger charge is -2.34. The van der Waals surface area contributed by atoms with E-state index in [1.54, 1.807) is 36.1 Å². The fraction of sp³-hybridized carbons (Fsp3) is 0.529. The summed E-state index contributed by atoms with van der Waals surface area (Å²) in [5, 5.41) is 0. The number of nitrogens with zero attached hydrogens (tertiary/aromatic N) is 6. The van der Waals surface area contributed by atoms with E-state index in [1.165, 1.54) is 0 Å². The number of hydrogen-bond donors (Lipinski definition) is 0. The SMILES string of the molecule is CN(CC1CCN(c2cc(C(F)(F)F)ncn2)CC1)C(=O)c1cn(C)cn1. The Hall–Kier alpha value is -2.65. The van der Waals surface area contributed by atoms with Crippen molar-refractivity contribution in [3.05, 3.63) is 36.3 Å². The highest BCUT2D eigenvalue weighted by atomic mass is 19.4. The maximum atomic E-state index is 12.8. The first kappa shape index (κ1) is 19.1. The van der Waals surface area contributed by atoms with Crippen molar-refractivity contribution in [2.24, 2.45) is 13.0 Å². The van der Waals surface area contributed by atoms with Crippen molar-refractivity contribution in [1.82, 2.24) is 24.4 Å². The van der Waals surface area contributed by atoms with Gasteiger partial charge in [-0.1, -0.05) is 0 Å². The Kier molecular flexibility index (Phi) is 5.33. The number of hydrogen-bond acceptors (Lipinski definition) is 5. The van der Waals surface area contributed by atoms with E-state index in [-0.39, 0.29) is 17.6 Å². The van der Waals surface area contributed by atoms with E-state index in [1.807, 2.05) is 4.90 Å². The van der Waals surface area contributed by atoms with Gasteiger partial charge in [0, 0.05) is 46.0 Å². The number of anilines is 1. The number of rotatable bonds is 4. The minimum atomic E-state index is -4.48. The van der Waals surface area contributed by atoms with Crippen LogP contribution in [0.1, 0.15) is 29.0 Å². The highest BCUT2D eigenvalue weighted by Crippen LogP contribution is 2.30. The maximum absolute atomic E-state index is 12.8. The Morgan fingerprint density at radius 2 is 1.96 bits per heavy atom. The van der Waals surface area contributed by atoms with E-state index in [0.717, 1.165) is 25.2 Å². The van der Waals surface area contributed by atoms with Gasteiger partial charge in [-0.2, -0.15) is 13.2 Å². The van der Waals surface area contributed by atoms with Crippen LogP contribution in [0.3, 0.4) is 0 Å². The normalized spacial score (nSPS) is 15.8. The number of amides is 1. The zero-order valence-electron chi connectivity index (χ0n) is 15.1. The lowest BCUT2D eigenvalue weighted by Crippen LogP contribution is -2.40. The average molecular weight is 382 g/mol. The molecule has 1 aliphatic rings. The first-order valence-corrected chi connectivity index (χ1v) is 8.61. The molecule has 0 saturated carbocycles. The van der Waals surface area contributed by atoms with Gasteiger partial charge in [0.25, 0.3) is 5.91 Å². The summed E-state index contributed by atoms with van der Waals surface area (Å²) in [4.78, 5) is 27.2. The molecule has 7 nitrogen and oxygen atoms in total. The largest absolute Gasteiger partial charge is 0.433 e. The van der Waals surface area contributed by atoms with Crippen LogP contribution in [0.2, 0.25) is 0 Å². The highest BCUT2D eigenvalue weighted by molar-refractivity contribution is 5.91. The molecule has 2 aromatic rings. The monoisotopic (exact) mass is 382 g/mol. The summed E-state index contributed by atoms with van der Waals surface area (Å²) in [5.41, 5.74) is -0.534. The Morgan fingerprint density at radius 3 is 2.56 bits per heavy atom. The number of carbonyl (C=O) groups is 1. The van der Waals surface area contributed by atoms with Crippen molar-refractivity contribution in [2.45, 2.75) is 19.0 Å². The number of aryl methyl sites for hydroxylation is 1. The summed E-state index contributed by atoms with van der Waals surface area (Å²) in [6.07, 6.45) is 1.26. The molecule has 10 heteroatoms. The van der Waals surface area contributed by atoms with Crippen molar-refractivity contribution in [3.63, 3.8) is 0 Å². The molecule has 0 radical (unpaired) electrons. The molecule has 1 saturated heterocycles. The van der Waals surface area contributed by atoms with Crippen molar-refractivity contribution < 1.29 is 18.0 Å². The molecule has 0 aliphatic carbocycles. The van der Waals surface area contributed by atoms with Crippen LogP contribution in [0.15, 0.2) is 24.9 Å². The second-order valence-electron chi connectivity index (χ2n) is 6.80. The van der Waals surface area contributed by atoms with Crippen molar-refractivity contribution in [2.75, 3.05) is 31.6 Å². The van der Waals surface area contributed by atoms with E-state index in [9.17, 15) is 18.0 Å². The van der Waals surface area contributed by atoms with Crippen molar-refractivity contribution in [3.8, 4) is 0 Å². The summed E-state index contributed by atoms with van der Waals surface area (Å²) in [5.74, 6) is 0.431. The molecule has 0 unspecified atom stereocenters. The maximum Gasteiger partial charge on any atom is 0.433 e. The molecule has 146 valence electrons. The minimum Gasteiger partial charge on any atom is -0.356 e. The Labute approximate surface area is 154 Å². The fourth-order valence-corrected chi connectivity index (χ4v) is 3.21.